The van der Waals surface area contributed by atoms with E-state index >= 15 is 0 Å². The third-order valence-electron chi connectivity index (χ3n) is 3.66. The van der Waals surface area contributed by atoms with Gasteiger partial charge in [-0.3, -0.25) is 4.98 Å². The van der Waals surface area contributed by atoms with Crippen molar-refractivity contribution in [3.63, 3.8) is 0 Å². The number of para-hydroxylation sites is 1. The van der Waals surface area contributed by atoms with Gasteiger partial charge in [0.25, 0.3) is 0 Å². The lowest BCUT2D eigenvalue weighted by atomic mass is 10.1. The quantitative estimate of drug-likeness (QED) is 0.727. The van der Waals surface area contributed by atoms with E-state index in [1.165, 1.54) is 11.1 Å². The summed E-state index contributed by atoms with van der Waals surface area (Å²) in [6.45, 7) is 5.99. The van der Waals surface area contributed by atoms with E-state index in [-0.39, 0.29) is 0 Å². The van der Waals surface area contributed by atoms with Gasteiger partial charge >= 0.3 is 0 Å². The zero-order chi connectivity index (χ0) is 14.7. The minimum atomic E-state index is 0.936. The molecule has 1 aromatic carbocycles. The van der Waals surface area contributed by atoms with Crippen LogP contribution in [-0.4, -0.2) is 21.1 Å². The summed E-state index contributed by atoms with van der Waals surface area (Å²) in [5.74, 6) is 1.07. The number of anilines is 1. The van der Waals surface area contributed by atoms with Gasteiger partial charge in [-0.15, -0.1) is 0 Å². The van der Waals surface area contributed by atoms with E-state index in [4.69, 9.17) is 0 Å². The van der Waals surface area contributed by atoms with Gasteiger partial charge in [0.05, 0.1) is 5.52 Å². The average molecular weight is 280 g/mol. The summed E-state index contributed by atoms with van der Waals surface area (Å²) in [6, 6.07) is 10.4. The molecule has 0 saturated heterocycles. The molecule has 0 aliphatic rings. The highest BCUT2D eigenvalue weighted by Gasteiger charge is 2.03. The fourth-order valence-electron chi connectivity index (χ4n) is 2.57. The van der Waals surface area contributed by atoms with Crippen molar-refractivity contribution < 1.29 is 0 Å². The molecule has 0 atom stereocenters. The lowest BCUT2D eigenvalue weighted by Gasteiger charge is -2.11. The van der Waals surface area contributed by atoms with Crippen molar-refractivity contribution in [3.8, 4) is 0 Å². The molecule has 0 saturated carbocycles. The summed E-state index contributed by atoms with van der Waals surface area (Å²) in [5.41, 5.74) is 3.26. The number of benzene rings is 1. The maximum Gasteiger partial charge on any atom is 0.105 e. The molecule has 0 bridgehead atoms. The minimum absolute atomic E-state index is 0.936. The highest BCUT2D eigenvalue weighted by molar-refractivity contribution is 5.91. The first kappa shape index (κ1) is 13.6. The number of fused-ring (bicyclic) bond motifs is 1. The van der Waals surface area contributed by atoms with Gasteiger partial charge in [0.1, 0.15) is 5.82 Å². The van der Waals surface area contributed by atoms with Crippen molar-refractivity contribution in [2.75, 3.05) is 11.9 Å². The summed E-state index contributed by atoms with van der Waals surface area (Å²) < 4.78 is 2.18. The molecule has 21 heavy (non-hydrogen) atoms. The third-order valence-corrected chi connectivity index (χ3v) is 3.66. The van der Waals surface area contributed by atoms with Crippen LogP contribution in [0.25, 0.3) is 10.9 Å². The number of pyridine rings is 1. The molecule has 0 aliphatic carbocycles. The lowest BCUT2D eigenvalue weighted by Crippen LogP contribution is -2.08. The van der Waals surface area contributed by atoms with Gasteiger partial charge in [-0.25, -0.2) is 4.98 Å². The van der Waals surface area contributed by atoms with Gasteiger partial charge in [-0.1, -0.05) is 18.2 Å². The van der Waals surface area contributed by atoms with Crippen LogP contribution >= 0.6 is 0 Å². The number of aromatic nitrogens is 3. The zero-order valence-corrected chi connectivity index (χ0v) is 12.5. The first-order valence-corrected chi connectivity index (χ1v) is 7.32. The predicted molar refractivity (Wildman–Crippen MR) is 86.6 cm³/mol. The molecular formula is C17H20N4. The van der Waals surface area contributed by atoms with E-state index in [0.717, 1.165) is 36.5 Å². The van der Waals surface area contributed by atoms with E-state index in [2.05, 4.69) is 44.1 Å². The number of aryl methyl sites for hydroxylation is 3. The Labute approximate surface area is 124 Å². The van der Waals surface area contributed by atoms with Crippen LogP contribution in [-0.2, 0) is 6.54 Å². The molecule has 4 nitrogen and oxygen atoms in total. The molecule has 3 aromatic rings. The maximum absolute atomic E-state index is 4.56. The number of hydrogen-bond acceptors (Lipinski definition) is 3. The van der Waals surface area contributed by atoms with Gasteiger partial charge in [-0.2, -0.15) is 0 Å². The van der Waals surface area contributed by atoms with Crippen molar-refractivity contribution in [1.82, 2.24) is 14.5 Å². The molecule has 108 valence electrons. The van der Waals surface area contributed by atoms with Crippen molar-refractivity contribution in [2.24, 2.45) is 0 Å². The SMILES string of the molecule is Cc1cc(NCCCn2ccnc2C)c2ccccc2n1. The molecule has 0 amide bonds. The highest BCUT2D eigenvalue weighted by atomic mass is 15.1. The fraction of sp³-hybridized carbons (Fsp3) is 0.294. The second kappa shape index (κ2) is 5.95. The molecule has 2 heterocycles. The van der Waals surface area contributed by atoms with E-state index in [0.29, 0.717) is 0 Å². The Kier molecular flexibility index (Phi) is 3.86. The number of nitrogens with one attached hydrogen (secondary N) is 1. The van der Waals surface area contributed by atoms with Crippen LogP contribution in [0.5, 0.6) is 0 Å². The molecule has 0 radical (unpaired) electrons. The summed E-state index contributed by atoms with van der Waals surface area (Å²) in [4.78, 5) is 8.80. The number of hydrogen-bond donors (Lipinski definition) is 1. The molecule has 4 heteroatoms. The summed E-state index contributed by atoms with van der Waals surface area (Å²) >= 11 is 0. The Morgan fingerprint density at radius 1 is 1.19 bits per heavy atom. The van der Waals surface area contributed by atoms with Crippen molar-refractivity contribution in [3.05, 3.63) is 54.2 Å². The van der Waals surface area contributed by atoms with Crippen LogP contribution in [0.3, 0.4) is 0 Å². The molecular weight excluding hydrogens is 260 g/mol. The topological polar surface area (TPSA) is 42.7 Å². The second-order valence-electron chi connectivity index (χ2n) is 5.28. The van der Waals surface area contributed by atoms with Gasteiger partial charge in [0, 0.05) is 42.3 Å². The third kappa shape index (κ3) is 3.05. The number of rotatable bonds is 5. The molecule has 2 aromatic heterocycles. The van der Waals surface area contributed by atoms with Crippen LogP contribution in [0.2, 0.25) is 0 Å². The van der Waals surface area contributed by atoms with Gasteiger partial charge in [0.2, 0.25) is 0 Å². The Bertz CT molecular complexity index is 745. The molecule has 0 fully saturated rings. The van der Waals surface area contributed by atoms with Crippen molar-refractivity contribution in [1.29, 1.82) is 0 Å². The highest BCUT2D eigenvalue weighted by Crippen LogP contribution is 2.22. The van der Waals surface area contributed by atoms with Crippen LogP contribution in [0.15, 0.2) is 42.7 Å². The van der Waals surface area contributed by atoms with Gasteiger partial charge in [0.15, 0.2) is 0 Å². The van der Waals surface area contributed by atoms with Gasteiger partial charge < -0.3 is 9.88 Å². The molecule has 0 spiro atoms. The Morgan fingerprint density at radius 2 is 2.05 bits per heavy atom. The fourth-order valence-corrected chi connectivity index (χ4v) is 2.57. The summed E-state index contributed by atoms with van der Waals surface area (Å²) in [7, 11) is 0. The van der Waals surface area contributed by atoms with Crippen molar-refractivity contribution >= 4 is 16.6 Å². The lowest BCUT2D eigenvalue weighted by molar-refractivity contribution is 0.642. The van der Waals surface area contributed by atoms with Crippen LogP contribution in [0.4, 0.5) is 5.69 Å². The smallest absolute Gasteiger partial charge is 0.105 e. The van der Waals surface area contributed by atoms with E-state index in [1.54, 1.807) is 0 Å². The van der Waals surface area contributed by atoms with Crippen molar-refractivity contribution in [2.45, 2.75) is 26.8 Å². The molecule has 3 rings (SSSR count). The standard InChI is InChI=1S/C17H20N4/c1-13-12-17(15-6-3-4-7-16(15)20-13)19-8-5-10-21-11-9-18-14(21)2/h3-4,6-7,9,11-12H,5,8,10H2,1-2H3,(H,19,20). The number of nitrogens with zero attached hydrogens (tertiary/aromatic N) is 3. The molecule has 0 aliphatic heterocycles. The Morgan fingerprint density at radius 3 is 2.86 bits per heavy atom. The monoisotopic (exact) mass is 280 g/mol. The predicted octanol–water partition coefficient (Wildman–Crippen LogP) is 3.55. The Balaban J connectivity index is 1.67. The normalized spacial score (nSPS) is 11.0. The minimum Gasteiger partial charge on any atom is -0.384 e. The Hall–Kier alpha value is -2.36. The second-order valence-corrected chi connectivity index (χ2v) is 5.28. The number of imidazole rings is 1. The van der Waals surface area contributed by atoms with Crippen LogP contribution in [0.1, 0.15) is 17.9 Å². The van der Waals surface area contributed by atoms with Crippen LogP contribution in [0, 0.1) is 13.8 Å². The average Bonchev–Trinajstić information content (AvgIpc) is 2.88. The summed E-state index contributed by atoms with van der Waals surface area (Å²) in [5, 5.41) is 4.72. The maximum atomic E-state index is 4.56. The zero-order valence-electron chi connectivity index (χ0n) is 12.5. The van der Waals surface area contributed by atoms with Crippen LogP contribution < -0.4 is 5.32 Å². The first-order chi connectivity index (χ1) is 10.2. The van der Waals surface area contributed by atoms with E-state index in [1.807, 2.05) is 32.3 Å². The van der Waals surface area contributed by atoms with E-state index in [9.17, 15) is 0 Å². The summed E-state index contributed by atoms with van der Waals surface area (Å²) in [6.07, 6.45) is 4.94. The molecule has 0 unspecified atom stereocenters. The first-order valence-electron chi connectivity index (χ1n) is 7.32. The largest absolute Gasteiger partial charge is 0.384 e. The van der Waals surface area contributed by atoms with E-state index < -0.39 is 0 Å². The van der Waals surface area contributed by atoms with Gasteiger partial charge in [-0.05, 0) is 32.4 Å². The molecule has 1 N–H and O–H groups in total.